The lowest BCUT2D eigenvalue weighted by Gasteiger charge is -2.17. The average molecular weight is 429 g/mol. The van der Waals surface area contributed by atoms with E-state index in [-0.39, 0.29) is 17.5 Å². The highest BCUT2D eigenvalue weighted by atomic mass is 32.2. The van der Waals surface area contributed by atoms with Gasteiger partial charge in [-0.05, 0) is 30.4 Å². The molecule has 0 saturated carbocycles. The number of ether oxygens (including phenoxy) is 1. The minimum Gasteiger partial charge on any atom is -0.441 e. The lowest BCUT2D eigenvalue weighted by atomic mass is 10.1. The molecule has 1 heterocycles. The molecule has 0 bridgehead atoms. The molecule has 0 spiro atoms. The van der Waals surface area contributed by atoms with Crippen LogP contribution in [0.1, 0.15) is 12.0 Å². The Bertz CT molecular complexity index is 948. The topological polar surface area (TPSA) is 108 Å². The van der Waals surface area contributed by atoms with E-state index in [4.69, 9.17) is 4.74 Å². The largest absolute Gasteiger partial charge is 0.441 e. The quantitative estimate of drug-likeness (QED) is 0.495. The van der Waals surface area contributed by atoms with Crippen molar-refractivity contribution in [2.75, 3.05) is 16.8 Å². The standard InChI is InChI=1S/C17H14F3N3O5S/c18-17(19,20)10-4-5-15(14(8-10)23(26)27)28-16-12(21-11-6-7-29-9-11)2-1-3-13(16)22(24)25/h1-5,8,11,21H,6-7,9H2. The molecule has 1 atom stereocenters. The highest BCUT2D eigenvalue weighted by molar-refractivity contribution is 7.99. The summed E-state index contributed by atoms with van der Waals surface area (Å²) in [4.78, 5) is 20.9. The molecule has 1 aliphatic heterocycles. The van der Waals surface area contributed by atoms with E-state index in [1.54, 1.807) is 11.8 Å². The third-order valence-electron chi connectivity index (χ3n) is 4.18. The summed E-state index contributed by atoms with van der Waals surface area (Å²) in [5, 5.41) is 25.8. The molecule has 1 aliphatic rings. The fraction of sp³-hybridized carbons (Fsp3) is 0.294. The summed E-state index contributed by atoms with van der Waals surface area (Å²) in [7, 11) is 0. The van der Waals surface area contributed by atoms with Gasteiger partial charge in [-0.2, -0.15) is 24.9 Å². The van der Waals surface area contributed by atoms with Crippen LogP contribution in [0.2, 0.25) is 0 Å². The molecule has 1 unspecified atom stereocenters. The van der Waals surface area contributed by atoms with Crippen molar-refractivity contribution in [3.8, 4) is 11.5 Å². The third kappa shape index (κ3) is 4.70. The predicted molar refractivity (Wildman–Crippen MR) is 101 cm³/mol. The van der Waals surface area contributed by atoms with E-state index in [9.17, 15) is 33.4 Å². The number of nitro benzene ring substituents is 2. The molecule has 1 fully saturated rings. The Labute approximate surface area is 166 Å². The van der Waals surface area contributed by atoms with Crippen LogP contribution in [0.5, 0.6) is 11.5 Å². The lowest BCUT2D eigenvalue weighted by Crippen LogP contribution is -2.18. The Morgan fingerprint density at radius 2 is 1.83 bits per heavy atom. The molecule has 0 aromatic heterocycles. The van der Waals surface area contributed by atoms with Gasteiger partial charge in [-0.3, -0.25) is 20.2 Å². The molecule has 2 aromatic rings. The minimum absolute atomic E-state index is 0.0203. The van der Waals surface area contributed by atoms with Crippen molar-refractivity contribution in [2.24, 2.45) is 0 Å². The van der Waals surface area contributed by atoms with Gasteiger partial charge >= 0.3 is 17.6 Å². The summed E-state index contributed by atoms with van der Waals surface area (Å²) < 4.78 is 44.1. The van der Waals surface area contributed by atoms with Gasteiger partial charge < -0.3 is 10.1 Å². The van der Waals surface area contributed by atoms with E-state index in [2.05, 4.69) is 5.32 Å². The first-order valence-corrected chi connectivity index (χ1v) is 9.47. The predicted octanol–water partition coefficient (Wildman–Crippen LogP) is 5.23. The number of hydrogen-bond donors (Lipinski definition) is 1. The Morgan fingerprint density at radius 1 is 1.10 bits per heavy atom. The molecule has 1 saturated heterocycles. The summed E-state index contributed by atoms with van der Waals surface area (Å²) in [6, 6.07) is 5.86. The Hall–Kier alpha value is -3.02. The van der Waals surface area contributed by atoms with Gasteiger partial charge in [-0.25, -0.2) is 0 Å². The van der Waals surface area contributed by atoms with Gasteiger partial charge in [0.2, 0.25) is 11.5 Å². The maximum absolute atomic E-state index is 12.9. The van der Waals surface area contributed by atoms with Crippen LogP contribution in [0.4, 0.5) is 30.2 Å². The van der Waals surface area contributed by atoms with E-state index in [0.717, 1.165) is 30.1 Å². The normalized spacial score (nSPS) is 16.4. The smallest absolute Gasteiger partial charge is 0.416 e. The molecule has 0 aliphatic carbocycles. The molecule has 12 heteroatoms. The molecule has 2 aromatic carbocycles. The molecule has 0 radical (unpaired) electrons. The van der Waals surface area contributed by atoms with Crippen molar-refractivity contribution in [3.63, 3.8) is 0 Å². The van der Waals surface area contributed by atoms with Crippen LogP contribution in [0.3, 0.4) is 0 Å². The van der Waals surface area contributed by atoms with Gasteiger partial charge in [0.15, 0.2) is 0 Å². The SMILES string of the molecule is O=[N+]([O-])c1cc(C(F)(F)F)ccc1Oc1c(NC2CCSC2)cccc1[N+](=O)[O-]. The van der Waals surface area contributed by atoms with Gasteiger partial charge in [0, 0.05) is 23.9 Å². The van der Waals surface area contributed by atoms with Crippen LogP contribution in [0.25, 0.3) is 0 Å². The number of thioether (sulfide) groups is 1. The molecule has 3 rings (SSSR count). The van der Waals surface area contributed by atoms with E-state index in [1.807, 2.05) is 0 Å². The minimum atomic E-state index is -4.78. The van der Waals surface area contributed by atoms with E-state index in [1.165, 1.54) is 12.1 Å². The Morgan fingerprint density at radius 3 is 2.41 bits per heavy atom. The van der Waals surface area contributed by atoms with Crippen LogP contribution in [-0.2, 0) is 6.18 Å². The van der Waals surface area contributed by atoms with Crippen molar-refractivity contribution in [2.45, 2.75) is 18.6 Å². The Balaban J connectivity index is 2.04. The summed E-state index contributed by atoms with van der Waals surface area (Å²) >= 11 is 1.70. The fourth-order valence-corrected chi connectivity index (χ4v) is 3.94. The van der Waals surface area contributed by atoms with Gasteiger partial charge in [-0.1, -0.05) is 6.07 Å². The first-order valence-electron chi connectivity index (χ1n) is 8.32. The number of rotatable bonds is 6. The summed E-state index contributed by atoms with van der Waals surface area (Å²) in [5.41, 5.74) is -2.39. The van der Waals surface area contributed by atoms with Crippen molar-refractivity contribution < 1.29 is 27.8 Å². The van der Waals surface area contributed by atoms with E-state index >= 15 is 0 Å². The molecule has 29 heavy (non-hydrogen) atoms. The van der Waals surface area contributed by atoms with Crippen molar-refractivity contribution in [1.82, 2.24) is 0 Å². The van der Waals surface area contributed by atoms with Crippen molar-refractivity contribution in [1.29, 1.82) is 0 Å². The molecule has 0 amide bonds. The average Bonchev–Trinajstić information content (AvgIpc) is 3.15. The van der Waals surface area contributed by atoms with Crippen molar-refractivity contribution in [3.05, 3.63) is 62.2 Å². The number of nitrogens with zero attached hydrogens (tertiary/aromatic N) is 2. The fourth-order valence-electron chi connectivity index (χ4n) is 2.79. The van der Waals surface area contributed by atoms with Gasteiger partial charge in [-0.15, -0.1) is 0 Å². The number of halogens is 3. The molecule has 8 nitrogen and oxygen atoms in total. The highest BCUT2D eigenvalue weighted by Crippen LogP contribution is 2.43. The first-order chi connectivity index (χ1) is 13.7. The van der Waals surface area contributed by atoms with Gasteiger partial charge in [0.1, 0.15) is 0 Å². The summed E-state index contributed by atoms with van der Waals surface area (Å²) in [6.07, 6.45) is -3.97. The summed E-state index contributed by atoms with van der Waals surface area (Å²) in [6.45, 7) is 0. The molecular weight excluding hydrogens is 415 g/mol. The van der Waals surface area contributed by atoms with Crippen LogP contribution < -0.4 is 10.1 Å². The monoisotopic (exact) mass is 429 g/mol. The maximum atomic E-state index is 12.9. The van der Waals surface area contributed by atoms with Crippen LogP contribution in [0, 0.1) is 20.2 Å². The zero-order chi connectivity index (χ0) is 21.2. The first kappa shape index (κ1) is 20.7. The summed E-state index contributed by atoms with van der Waals surface area (Å²) in [5.74, 6) is 0.855. The van der Waals surface area contributed by atoms with Crippen LogP contribution in [-0.4, -0.2) is 27.4 Å². The van der Waals surface area contributed by atoms with Crippen LogP contribution >= 0.6 is 11.8 Å². The molecule has 154 valence electrons. The number of anilines is 1. The number of nitrogens with one attached hydrogen (secondary N) is 1. The van der Waals surface area contributed by atoms with Crippen molar-refractivity contribution >= 4 is 28.8 Å². The number of hydrogen-bond acceptors (Lipinski definition) is 7. The molecular formula is C17H14F3N3O5S. The van der Waals surface area contributed by atoms with Crippen LogP contribution in [0.15, 0.2) is 36.4 Å². The number of alkyl halides is 3. The van der Waals surface area contributed by atoms with E-state index in [0.29, 0.717) is 12.1 Å². The Kier molecular flexibility index (Phi) is 5.82. The second-order valence-corrected chi connectivity index (χ2v) is 7.31. The number of benzene rings is 2. The second-order valence-electron chi connectivity index (χ2n) is 6.16. The van der Waals surface area contributed by atoms with Gasteiger partial charge in [0.05, 0.1) is 21.1 Å². The number of nitro groups is 2. The lowest BCUT2D eigenvalue weighted by molar-refractivity contribution is -0.387. The highest BCUT2D eigenvalue weighted by Gasteiger charge is 2.34. The molecule has 1 N–H and O–H groups in total. The number of para-hydroxylation sites is 1. The third-order valence-corrected chi connectivity index (χ3v) is 5.34. The zero-order valence-electron chi connectivity index (χ0n) is 14.6. The van der Waals surface area contributed by atoms with E-state index < -0.39 is 38.7 Å². The maximum Gasteiger partial charge on any atom is 0.416 e. The zero-order valence-corrected chi connectivity index (χ0v) is 15.5. The second kappa shape index (κ2) is 8.15. The van der Waals surface area contributed by atoms with Gasteiger partial charge in [0.25, 0.3) is 0 Å².